The van der Waals surface area contributed by atoms with Gasteiger partial charge in [0.15, 0.2) is 0 Å². The number of nitrogen functional groups attached to an aromatic ring is 1. The van der Waals surface area contributed by atoms with E-state index in [4.69, 9.17) is 10.5 Å². The lowest BCUT2D eigenvalue weighted by Gasteiger charge is -2.38. The van der Waals surface area contributed by atoms with E-state index in [2.05, 4.69) is 4.98 Å². The molecule has 42 heavy (non-hydrogen) atoms. The van der Waals surface area contributed by atoms with Gasteiger partial charge in [-0.1, -0.05) is 112 Å². The van der Waals surface area contributed by atoms with Crippen molar-refractivity contribution in [2.75, 3.05) is 5.73 Å². The summed E-state index contributed by atoms with van der Waals surface area (Å²) in [5, 5.41) is 23.1. The van der Waals surface area contributed by atoms with Crippen LogP contribution >= 0.6 is 0 Å². The minimum Gasteiger partial charge on any atom is -0.390 e. The van der Waals surface area contributed by atoms with Gasteiger partial charge in [-0.3, -0.25) is 9.36 Å². The summed E-state index contributed by atoms with van der Waals surface area (Å²) in [5.41, 5.74) is 1.11. The molecule has 0 spiro atoms. The zero-order valence-electron chi connectivity index (χ0n) is 23.2. The molecule has 3 aromatic carbocycles. The smallest absolute Gasteiger partial charge is 0.352 e. The number of ether oxygens (including phenoxy) is 1. The van der Waals surface area contributed by atoms with Gasteiger partial charge in [0.05, 0.1) is 11.8 Å². The van der Waals surface area contributed by atoms with Crippen molar-refractivity contribution in [2.24, 2.45) is 5.41 Å². The summed E-state index contributed by atoms with van der Waals surface area (Å²) in [6.07, 6.45) is -6.42. The van der Waals surface area contributed by atoms with Crippen molar-refractivity contribution in [2.45, 2.75) is 50.7 Å². The minimum absolute atomic E-state index is 0.0515. The Hall–Kier alpha value is -4.25. The van der Waals surface area contributed by atoms with Gasteiger partial charge in [-0.2, -0.15) is 13.8 Å². The predicted molar refractivity (Wildman–Crippen MR) is 154 cm³/mol. The second-order valence-electron chi connectivity index (χ2n) is 11.4. The van der Waals surface area contributed by atoms with Gasteiger partial charge < -0.3 is 20.7 Å². The highest BCUT2D eigenvalue weighted by Gasteiger charge is 2.75. The molecule has 8 nitrogen and oxygen atoms in total. The number of rotatable bonds is 6. The maximum absolute atomic E-state index is 16.9. The third-order valence-electron chi connectivity index (χ3n) is 7.56. The number of carbonyl (C=O) groups is 1. The van der Waals surface area contributed by atoms with Gasteiger partial charge in [0, 0.05) is 11.1 Å². The summed E-state index contributed by atoms with van der Waals surface area (Å²) in [4.78, 5) is 31.1. The number of Topliss-reactive ketones (excluding diaryl/α,β-unsaturated/α-hetero) is 1. The van der Waals surface area contributed by atoms with Crippen molar-refractivity contribution in [3.8, 4) is 22.4 Å². The SMILES string of the molecule is CC(C)(C)C(O)[C@H]1O[C@@H](n2c(-c3ccccc3)c(-c3ccccc3)c(N)nc2=O)C(F)(F)[C@@]1(O)C(=O)c1ccccc1. The highest BCUT2D eigenvalue weighted by molar-refractivity contribution is 6.04. The number of aliphatic hydroxyl groups excluding tert-OH is 1. The highest BCUT2D eigenvalue weighted by Crippen LogP contribution is 2.54. The van der Waals surface area contributed by atoms with E-state index in [-0.39, 0.29) is 22.6 Å². The Kier molecular flexibility index (Phi) is 7.34. The molecule has 2 heterocycles. The molecule has 4 N–H and O–H groups in total. The Bertz CT molecular complexity index is 1660. The third kappa shape index (κ3) is 4.61. The van der Waals surface area contributed by atoms with Gasteiger partial charge in [-0.15, -0.1) is 0 Å². The lowest BCUT2D eigenvalue weighted by Crippen LogP contribution is -2.63. The van der Waals surface area contributed by atoms with E-state index in [1.807, 2.05) is 0 Å². The first-order valence-electron chi connectivity index (χ1n) is 13.4. The monoisotopic (exact) mass is 575 g/mol. The van der Waals surface area contributed by atoms with E-state index < -0.39 is 46.8 Å². The molecule has 0 bridgehead atoms. The molecule has 1 fully saturated rings. The summed E-state index contributed by atoms with van der Waals surface area (Å²) >= 11 is 0. The first-order valence-corrected chi connectivity index (χ1v) is 13.4. The van der Waals surface area contributed by atoms with Crippen molar-refractivity contribution in [1.82, 2.24) is 9.55 Å². The lowest BCUT2D eigenvalue weighted by molar-refractivity contribution is -0.168. The Labute approximate surface area is 241 Å². The van der Waals surface area contributed by atoms with Crippen LogP contribution in [0.1, 0.15) is 37.4 Å². The number of aliphatic hydroxyl groups is 2. The topological polar surface area (TPSA) is 128 Å². The number of hydrogen-bond donors (Lipinski definition) is 3. The van der Waals surface area contributed by atoms with Crippen LogP contribution in [-0.4, -0.2) is 49.3 Å². The van der Waals surface area contributed by atoms with Crippen LogP contribution in [0, 0.1) is 5.41 Å². The van der Waals surface area contributed by atoms with Crippen LogP contribution in [0.4, 0.5) is 14.6 Å². The molecule has 1 unspecified atom stereocenters. The maximum Gasteiger partial charge on any atom is 0.352 e. The Balaban J connectivity index is 1.82. The average molecular weight is 576 g/mol. The van der Waals surface area contributed by atoms with Gasteiger partial charge in [0.2, 0.25) is 17.6 Å². The van der Waals surface area contributed by atoms with Crippen LogP contribution in [-0.2, 0) is 4.74 Å². The zero-order chi connectivity index (χ0) is 30.4. The van der Waals surface area contributed by atoms with Gasteiger partial charge >= 0.3 is 11.6 Å². The number of nitrogens with two attached hydrogens (primary N) is 1. The van der Waals surface area contributed by atoms with E-state index in [1.54, 1.807) is 87.5 Å². The molecule has 5 rings (SSSR count). The van der Waals surface area contributed by atoms with Crippen molar-refractivity contribution in [3.63, 3.8) is 0 Å². The number of halogens is 2. The number of hydrogen-bond acceptors (Lipinski definition) is 7. The first-order chi connectivity index (χ1) is 19.8. The standard InChI is InChI=1S/C32H31F2N3O5/c1-30(2,3)25(39)26-31(41,24(38)21-17-11-6-12-18-21)32(33,34)28(42-26)37-23(20-15-9-5-10-16-20)22(27(35)36-29(37)40)19-13-7-4-8-14-19/h4-18,25-26,28,39,41H,1-3H3,(H2,35,36,40)/t25?,26-,28-,31-/m1/s1. The van der Waals surface area contributed by atoms with E-state index >= 15 is 8.78 Å². The second kappa shape index (κ2) is 10.5. The largest absolute Gasteiger partial charge is 0.390 e. The van der Waals surface area contributed by atoms with Crippen LogP contribution in [0.25, 0.3) is 22.4 Å². The fourth-order valence-corrected chi connectivity index (χ4v) is 5.31. The van der Waals surface area contributed by atoms with Crippen molar-refractivity contribution in [3.05, 3.63) is 107 Å². The highest BCUT2D eigenvalue weighted by atomic mass is 19.3. The fraction of sp³-hybridized carbons (Fsp3) is 0.281. The van der Waals surface area contributed by atoms with E-state index in [1.165, 1.54) is 24.3 Å². The number of carbonyl (C=O) groups excluding carboxylic acids is 1. The van der Waals surface area contributed by atoms with E-state index in [0.717, 1.165) is 0 Å². The number of aromatic nitrogens is 2. The predicted octanol–water partition coefficient (Wildman–Crippen LogP) is 4.71. The van der Waals surface area contributed by atoms with E-state index in [9.17, 15) is 19.8 Å². The first kappa shape index (κ1) is 29.2. The van der Waals surface area contributed by atoms with Crippen molar-refractivity contribution < 1.29 is 28.5 Å². The number of alkyl halides is 2. The molecule has 0 saturated carbocycles. The number of benzene rings is 3. The third-order valence-corrected chi connectivity index (χ3v) is 7.56. The van der Waals surface area contributed by atoms with Crippen LogP contribution in [0.3, 0.4) is 0 Å². The average Bonchev–Trinajstić information content (AvgIpc) is 3.18. The number of anilines is 1. The van der Waals surface area contributed by atoms with Crippen molar-refractivity contribution >= 4 is 11.6 Å². The zero-order valence-corrected chi connectivity index (χ0v) is 23.2. The van der Waals surface area contributed by atoms with Gasteiger partial charge in [-0.05, 0) is 16.5 Å². The summed E-state index contributed by atoms with van der Waals surface area (Å²) in [5.74, 6) is -6.00. The van der Waals surface area contributed by atoms with Crippen LogP contribution < -0.4 is 11.4 Å². The molecule has 4 atom stereocenters. The Morgan fingerprint density at radius 1 is 0.952 bits per heavy atom. The molecule has 218 valence electrons. The molecule has 1 aliphatic rings. The molecule has 0 aliphatic carbocycles. The molecule has 10 heteroatoms. The van der Waals surface area contributed by atoms with Gasteiger partial charge in [0.1, 0.15) is 11.9 Å². The van der Waals surface area contributed by atoms with Crippen LogP contribution in [0.2, 0.25) is 0 Å². The molecule has 4 aromatic rings. The Morgan fingerprint density at radius 2 is 1.45 bits per heavy atom. The van der Waals surface area contributed by atoms with Crippen LogP contribution in [0.15, 0.2) is 95.8 Å². The molecule has 1 aliphatic heterocycles. The summed E-state index contributed by atoms with van der Waals surface area (Å²) < 4.78 is 40.1. The minimum atomic E-state index is -4.43. The summed E-state index contributed by atoms with van der Waals surface area (Å²) in [6.45, 7) is 4.67. The molecule has 1 aromatic heterocycles. The van der Waals surface area contributed by atoms with Crippen LogP contribution in [0.5, 0.6) is 0 Å². The molecular formula is C32H31F2N3O5. The van der Waals surface area contributed by atoms with Gasteiger partial charge in [-0.25, -0.2) is 4.79 Å². The summed E-state index contributed by atoms with van der Waals surface area (Å²) in [6, 6.07) is 23.9. The molecule has 1 saturated heterocycles. The quantitative estimate of drug-likeness (QED) is 0.284. The van der Waals surface area contributed by atoms with Crippen molar-refractivity contribution in [1.29, 1.82) is 0 Å². The number of nitrogens with zero attached hydrogens (tertiary/aromatic N) is 2. The fourth-order valence-electron chi connectivity index (χ4n) is 5.31. The summed E-state index contributed by atoms with van der Waals surface area (Å²) in [7, 11) is 0. The maximum atomic E-state index is 16.9. The Morgan fingerprint density at radius 3 is 1.98 bits per heavy atom. The lowest BCUT2D eigenvalue weighted by atomic mass is 9.75. The normalized spacial score (nSPS) is 22.5. The molecule has 0 amide bonds. The second-order valence-corrected chi connectivity index (χ2v) is 11.4. The molecular weight excluding hydrogens is 544 g/mol. The number of ketones is 1. The molecule has 0 radical (unpaired) electrons. The van der Waals surface area contributed by atoms with E-state index in [0.29, 0.717) is 15.7 Å². The van der Waals surface area contributed by atoms with Gasteiger partial charge in [0.25, 0.3) is 0 Å².